The van der Waals surface area contributed by atoms with Crippen molar-refractivity contribution in [2.24, 2.45) is 0 Å². The highest BCUT2D eigenvalue weighted by Crippen LogP contribution is 2.26. The van der Waals surface area contributed by atoms with Crippen molar-refractivity contribution < 1.29 is 9.90 Å². The number of nitrogens with zero attached hydrogens (tertiary/aromatic N) is 1. The van der Waals surface area contributed by atoms with Crippen molar-refractivity contribution in [1.82, 2.24) is 4.98 Å². The second-order valence-electron chi connectivity index (χ2n) is 3.27. The number of aliphatic hydroxyl groups excluding tert-OH is 1. The summed E-state index contributed by atoms with van der Waals surface area (Å²) in [6.07, 6.45) is 2.95. The van der Waals surface area contributed by atoms with Gasteiger partial charge in [-0.05, 0) is 25.0 Å². The minimum absolute atomic E-state index is 0. The Labute approximate surface area is 88.6 Å². The third-order valence-corrected chi connectivity index (χ3v) is 2.34. The molecule has 1 aromatic rings. The van der Waals surface area contributed by atoms with Crippen LogP contribution in [0.4, 0.5) is 0 Å². The molecule has 1 atom stereocenters. The van der Waals surface area contributed by atoms with Gasteiger partial charge in [0.05, 0.1) is 11.8 Å². The normalized spacial score (nSPS) is 20.6. The molecule has 1 aliphatic carbocycles. The zero-order valence-corrected chi connectivity index (χ0v) is 8.46. The maximum atomic E-state index is 11.5. The Bertz CT molecular complexity index is 341. The van der Waals surface area contributed by atoms with Crippen LogP contribution in [0, 0.1) is 0 Å². The first kappa shape index (κ1) is 11.1. The van der Waals surface area contributed by atoms with Crippen LogP contribution >= 0.6 is 12.4 Å². The van der Waals surface area contributed by atoms with E-state index in [1.165, 1.54) is 0 Å². The lowest BCUT2D eigenvalue weighted by molar-refractivity contribution is 0.0981. The highest BCUT2D eigenvalue weighted by atomic mass is 35.5. The number of rotatable bonds is 0. The van der Waals surface area contributed by atoms with Crippen LogP contribution in [-0.4, -0.2) is 15.9 Å². The van der Waals surface area contributed by atoms with Crippen LogP contribution in [0.1, 0.15) is 41.4 Å². The van der Waals surface area contributed by atoms with Crippen molar-refractivity contribution in [3.8, 4) is 0 Å². The Morgan fingerprint density at radius 2 is 2.29 bits per heavy atom. The molecule has 0 spiro atoms. The minimum atomic E-state index is -0.567. The summed E-state index contributed by atoms with van der Waals surface area (Å²) in [5.41, 5.74) is 1.14. The number of aliphatic hydroxyl groups is 1. The number of ketones is 1. The van der Waals surface area contributed by atoms with E-state index in [0.717, 1.165) is 6.42 Å². The van der Waals surface area contributed by atoms with Crippen molar-refractivity contribution >= 4 is 18.2 Å². The second-order valence-corrected chi connectivity index (χ2v) is 3.27. The monoisotopic (exact) mass is 213 g/mol. The van der Waals surface area contributed by atoms with Crippen LogP contribution < -0.4 is 0 Å². The van der Waals surface area contributed by atoms with E-state index in [1.807, 2.05) is 0 Å². The van der Waals surface area contributed by atoms with E-state index < -0.39 is 6.10 Å². The van der Waals surface area contributed by atoms with Crippen LogP contribution in [0.5, 0.6) is 0 Å². The van der Waals surface area contributed by atoms with Gasteiger partial charge >= 0.3 is 0 Å². The van der Waals surface area contributed by atoms with Gasteiger partial charge in [-0.1, -0.05) is 0 Å². The van der Waals surface area contributed by atoms with Crippen LogP contribution in [0.25, 0.3) is 0 Å². The average Bonchev–Trinajstić information content (AvgIpc) is 2.29. The topological polar surface area (TPSA) is 50.2 Å². The predicted molar refractivity (Wildman–Crippen MR) is 54.6 cm³/mol. The molecule has 0 unspecified atom stereocenters. The third-order valence-electron chi connectivity index (χ3n) is 2.34. The summed E-state index contributed by atoms with van der Waals surface area (Å²) in [6.45, 7) is 0. The first-order valence-corrected chi connectivity index (χ1v) is 4.45. The molecule has 4 heteroatoms. The van der Waals surface area contributed by atoms with E-state index in [1.54, 1.807) is 18.3 Å². The molecule has 0 radical (unpaired) electrons. The van der Waals surface area contributed by atoms with Crippen molar-refractivity contribution in [2.75, 3.05) is 0 Å². The lowest BCUT2D eigenvalue weighted by Gasteiger charge is -2.07. The molecule has 14 heavy (non-hydrogen) atoms. The number of aromatic nitrogens is 1. The lowest BCUT2D eigenvalue weighted by Crippen LogP contribution is -2.04. The number of hydrogen-bond acceptors (Lipinski definition) is 3. The molecular weight excluding hydrogens is 202 g/mol. The summed E-state index contributed by atoms with van der Waals surface area (Å²) in [7, 11) is 0. The van der Waals surface area contributed by atoms with Crippen molar-refractivity contribution in [1.29, 1.82) is 0 Å². The fourth-order valence-electron chi connectivity index (χ4n) is 1.65. The predicted octanol–water partition coefficient (Wildman–Crippen LogP) is 1.90. The number of hydrogen-bond donors (Lipinski definition) is 1. The lowest BCUT2D eigenvalue weighted by atomic mass is 10.1. The molecule has 0 saturated heterocycles. The summed E-state index contributed by atoms with van der Waals surface area (Å²) in [5, 5.41) is 9.64. The molecule has 3 nitrogen and oxygen atoms in total. The van der Waals surface area contributed by atoms with E-state index in [-0.39, 0.29) is 18.2 Å². The van der Waals surface area contributed by atoms with E-state index in [9.17, 15) is 9.90 Å². The van der Waals surface area contributed by atoms with Gasteiger partial charge < -0.3 is 5.11 Å². The number of halogens is 1. The zero-order valence-electron chi connectivity index (χ0n) is 7.64. The molecule has 1 N–H and O–H groups in total. The van der Waals surface area contributed by atoms with Gasteiger partial charge in [-0.25, -0.2) is 0 Å². The number of fused-ring (bicyclic) bond motifs is 1. The summed E-state index contributed by atoms with van der Waals surface area (Å²) < 4.78 is 0. The summed E-state index contributed by atoms with van der Waals surface area (Å²) in [6, 6.07) is 3.47. The van der Waals surface area contributed by atoms with Gasteiger partial charge in [-0.3, -0.25) is 9.78 Å². The zero-order chi connectivity index (χ0) is 9.26. The van der Waals surface area contributed by atoms with E-state index in [2.05, 4.69) is 4.98 Å². The van der Waals surface area contributed by atoms with Crippen LogP contribution in [-0.2, 0) is 0 Å². The van der Waals surface area contributed by atoms with Gasteiger partial charge in [0, 0.05) is 18.2 Å². The van der Waals surface area contributed by atoms with Crippen molar-refractivity contribution in [3.63, 3.8) is 0 Å². The fraction of sp³-hybridized carbons (Fsp3) is 0.400. The van der Waals surface area contributed by atoms with Gasteiger partial charge in [0.25, 0.3) is 0 Å². The van der Waals surface area contributed by atoms with Gasteiger partial charge in [-0.2, -0.15) is 0 Å². The molecule has 0 saturated carbocycles. The fourth-order valence-corrected chi connectivity index (χ4v) is 1.65. The van der Waals surface area contributed by atoms with Gasteiger partial charge in [0.15, 0.2) is 5.78 Å². The highest BCUT2D eigenvalue weighted by molar-refractivity contribution is 5.97. The SMILES string of the molecule is Cl.O=C1CCC[C@H](O)c2ncccc21. The highest BCUT2D eigenvalue weighted by Gasteiger charge is 2.21. The Morgan fingerprint density at radius 1 is 1.50 bits per heavy atom. The molecular formula is C10H12ClNO2. The second kappa shape index (κ2) is 4.53. The molecule has 0 amide bonds. The maximum absolute atomic E-state index is 11.5. The van der Waals surface area contributed by atoms with Gasteiger partial charge in [-0.15, -0.1) is 12.4 Å². The molecule has 0 aromatic carbocycles. The van der Waals surface area contributed by atoms with E-state index in [0.29, 0.717) is 24.1 Å². The Morgan fingerprint density at radius 3 is 3.07 bits per heavy atom. The van der Waals surface area contributed by atoms with Gasteiger partial charge in [0.1, 0.15) is 0 Å². The number of carbonyl (C=O) groups excluding carboxylic acids is 1. The smallest absolute Gasteiger partial charge is 0.164 e. The maximum Gasteiger partial charge on any atom is 0.164 e. The number of carbonyl (C=O) groups is 1. The molecule has 0 fully saturated rings. The Kier molecular flexibility index (Phi) is 3.61. The average molecular weight is 214 g/mol. The summed E-state index contributed by atoms with van der Waals surface area (Å²) in [5.74, 6) is 0.0969. The third kappa shape index (κ3) is 1.94. The molecule has 2 rings (SSSR count). The summed E-state index contributed by atoms with van der Waals surface area (Å²) >= 11 is 0. The number of Topliss-reactive ketones (excluding diaryl/α,β-unsaturated/α-hetero) is 1. The summed E-state index contributed by atoms with van der Waals surface area (Å²) in [4.78, 5) is 15.5. The quantitative estimate of drug-likeness (QED) is 0.670. The Balaban J connectivity index is 0.000000980. The molecule has 1 aromatic heterocycles. The molecule has 0 aliphatic heterocycles. The van der Waals surface area contributed by atoms with Crippen LogP contribution in [0.15, 0.2) is 18.3 Å². The number of pyridine rings is 1. The van der Waals surface area contributed by atoms with Crippen LogP contribution in [0.3, 0.4) is 0 Å². The minimum Gasteiger partial charge on any atom is -0.387 e. The Hall–Kier alpha value is -0.930. The van der Waals surface area contributed by atoms with Crippen LogP contribution in [0.2, 0.25) is 0 Å². The molecule has 1 aliphatic rings. The van der Waals surface area contributed by atoms with Crippen molar-refractivity contribution in [2.45, 2.75) is 25.4 Å². The van der Waals surface area contributed by atoms with Gasteiger partial charge in [0.2, 0.25) is 0 Å². The molecule has 0 bridgehead atoms. The van der Waals surface area contributed by atoms with Crippen molar-refractivity contribution in [3.05, 3.63) is 29.6 Å². The standard InChI is InChI=1S/C10H11NO2.ClH/c12-8-4-1-5-9(13)10-7(8)3-2-6-11-10;/h2-3,6,9,13H,1,4-5H2;1H/t9-;/m0./s1. The van der Waals surface area contributed by atoms with E-state index >= 15 is 0 Å². The molecule has 1 heterocycles. The van der Waals surface area contributed by atoms with E-state index in [4.69, 9.17) is 0 Å². The molecule has 76 valence electrons. The first-order valence-electron chi connectivity index (χ1n) is 4.45. The first-order chi connectivity index (χ1) is 6.29. The largest absolute Gasteiger partial charge is 0.387 e.